The van der Waals surface area contributed by atoms with Crippen molar-refractivity contribution in [3.05, 3.63) is 0 Å². The van der Waals surface area contributed by atoms with Gasteiger partial charge in [0.1, 0.15) is 0 Å². The van der Waals surface area contributed by atoms with Gasteiger partial charge in [0, 0.05) is 13.1 Å². The van der Waals surface area contributed by atoms with E-state index in [1.807, 2.05) is 6.92 Å². The second-order valence-corrected chi connectivity index (χ2v) is 4.21. The van der Waals surface area contributed by atoms with Crippen LogP contribution in [-0.2, 0) is 9.53 Å². The van der Waals surface area contributed by atoms with Crippen LogP contribution in [0.15, 0.2) is 0 Å². The molecule has 1 rings (SSSR count). The van der Waals surface area contributed by atoms with Gasteiger partial charge in [0.2, 0.25) is 0 Å². The highest BCUT2D eigenvalue weighted by molar-refractivity contribution is 5.77. The molecule has 0 amide bonds. The molecule has 0 spiro atoms. The van der Waals surface area contributed by atoms with Gasteiger partial charge < -0.3 is 15.4 Å². The summed E-state index contributed by atoms with van der Waals surface area (Å²) in [5.74, 6) is -0.274. The molecule has 5 nitrogen and oxygen atoms in total. The number of carbonyl (C=O) groups is 1. The van der Waals surface area contributed by atoms with Crippen molar-refractivity contribution < 1.29 is 9.53 Å². The van der Waals surface area contributed by atoms with Crippen molar-refractivity contribution in [2.45, 2.75) is 38.6 Å². The van der Waals surface area contributed by atoms with Gasteiger partial charge in [-0.25, -0.2) is 0 Å². The number of nitrogens with zero attached hydrogens (tertiary/aromatic N) is 1. The van der Waals surface area contributed by atoms with E-state index in [2.05, 4.69) is 0 Å². The van der Waals surface area contributed by atoms with Gasteiger partial charge in [-0.1, -0.05) is 12.8 Å². The highest BCUT2D eigenvalue weighted by Gasteiger charge is 2.34. The summed E-state index contributed by atoms with van der Waals surface area (Å²) >= 11 is 0. The van der Waals surface area contributed by atoms with Crippen LogP contribution in [0, 0.1) is 11.3 Å². The van der Waals surface area contributed by atoms with Crippen molar-refractivity contribution in [2.75, 3.05) is 13.7 Å². The third-order valence-electron chi connectivity index (χ3n) is 3.20. The van der Waals surface area contributed by atoms with Crippen molar-refractivity contribution in [3.8, 4) is 0 Å². The van der Waals surface area contributed by atoms with Crippen LogP contribution in [-0.4, -0.2) is 36.5 Å². The predicted molar refractivity (Wildman–Crippen MR) is 62.1 cm³/mol. The van der Waals surface area contributed by atoms with Gasteiger partial charge in [0.15, 0.2) is 5.96 Å². The average Bonchev–Trinajstić information content (AvgIpc) is 2.28. The minimum Gasteiger partial charge on any atom is -0.466 e. The lowest BCUT2D eigenvalue weighted by Crippen LogP contribution is -2.48. The summed E-state index contributed by atoms with van der Waals surface area (Å²) in [5, 5.41) is 7.42. The molecule has 5 heteroatoms. The molecule has 1 saturated carbocycles. The summed E-state index contributed by atoms with van der Waals surface area (Å²) < 4.78 is 5.06. The number of nitrogens with two attached hydrogens (primary N) is 1. The van der Waals surface area contributed by atoms with Crippen LogP contribution >= 0.6 is 0 Å². The Morgan fingerprint density at radius 2 is 2.12 bits per heavy atom. The monoisotopic (exact) mass is 227 g/mol. The van der Waals surface area contributed by atoms with E-state index < -0.39 is 0 Å². The first-order valence-corrected chi connectivity index (χ1v) is 5.81. The summed E-state index contributed by atoms with van der Waals surface area (Å²) in [6.07, 6.45) is 3.87. The molecule has 1 fully saturated rings. The molecule has 1 aliphatic carbocycles. The molecule has 0 aromatic carbocycles. The predicted octanol–water partition coefficient (Wildman–Crippen LogP) is 0.934. The molecule has 2 unspecified atom stereocenters. The van der Waals surface area contributed by atoms with Gasteiger partial charge in [-0.05, 0) is 19.8 Å². The summed E-state index contributed by atoms with van der Waals surface area (Å²) in [5.41, 5.74) is 5.46. The Morgan fingerprint density at radius 3 is 2.69 bits per heavy atom. The van der Waals surface area contributed by atoms with Gasteiger partial charge in [-0.3, -0.25) is 10.2 Å². The van der Waals surface area contributed by atoms with Gasteiger partial charge in [0.25, 0.3) is 0 Å². The number of nitrogens with one attached hydrogen (secondary N) is 1. The maximum absolute atomic E-state index is 11.8. The minimum absolute atomic E-state index is 0.0150. The van der Waals surface area contributed by atoms with Crippen molar-refractivity contribution in [1.82, 2.24) is 4.90 Å². The van der Waals surface area contributed by atoms with E-state index in [9.17, 15) is 4.79 Å². The second-order valence-electron chi connectivity index (χ2n) is 4.21. The van der Waals surface area contributed by atoms with E-state index in [4.69, 9.17) is 15.9 Å². The first-order valence-electron chi connectivity index (χ1n) is 5.81. The van der Waals surface area contributed by atoms with E-state index in [0.717, 1.165) is 25.7 Å². The third-order valence-corrected chi connectivity index (χ3v) is 3.20. The molecule has 1 aliphatic rings. The van der Waals surface area contributed by atoms with E-state index in [1.165, 1.54) is 0 Å². The zero-order valence-corrected chi connectivity index (χ0v) is 10.0. The van der Waals surface area contributed by atoms with Crippen LogP contribution in [0.4, 0.5) is 0 Å². The summed E-state index contributed by atoms with van der Waals surface area (Å²) in [6, 6.07) is 0.0188. The molecule has 92 valence electrons. The van der Waals surface area contributed by atoms with Crippen LogP contribution in [0.1, 0.15) is 32.6 Å². The number of ether oxygens (including phenoxy) is 1. The smallest absolute Gasteiger partial charge is 0.311 e. The zero-order valence-electron chi connectivity index (χ0n) is 10.0. The van der Waals surface area contributed by atoms with Gasteiger partial charge in [-0.15, -0.1) is 0 Å². The van der Waals surface area contributed by atoms with Gasteiger partial charge in [0.05, 0.1) is 12.5 Å². The number of rotatable bonds is 3. The molecule has 0 saturated heterocycles. The normalized spacial score (nSPS) is 24.9. The maximum atomic E-state index is 11.8. The van der Waals surface area contributed by atoms with E-state index >= 15 is 0 Å². The van der Waals surface area contributed by atoms with Crippen LogP contribution in [0.25, 0.3) is 0 Å². The fourth-order valence-electron chi connectivity index (χ4n) is 2.28. The molecular formula is C11H21N3O2. The highest BCUT2D eigenvalue weighted by Crippen LogP contribution is 2.28. The lowest BCUT2D eigenvalue weighted by Gasteiger charge is -2.36. The van der Waals surface area contributed by atoms with E-state index in [0.29, 0.717) is 6.61 Å². The zero-order chi connectivity index (χ0) is 12.1. The number of carbonyl (C=O) groups excluding carboxylic acids is 1. The maximum Gasteiger partial charge on any atom is 0.311 e. The van der Waals surface area contributed by atoms with Crippen LogP contribution < -0.4 is 5.73 Å². The Hall–Kier alpha value is -1.26. The quantitative estimate of drug-likeness (QED) is 0.427. The molecular weight excluding hydrogens is 206 g/mol. The van der Waals surface area contributed by atoms with Crippen LogP contribution in [0.5, 0.6) is 0 Å². The number of guanidine groups is 1. The molecule has 0 aromatic rings. The minimum atomic E-state index is -0.152. The molecule has 0 heterocycles. The standard InChI is InChI=1S/C11H21N3O2/c1-3-16-10(15)8-6-4-5-7-9(8)14(2)11(12)13/h8-9H,3-7H2,1-2H3,(H3,12,13). The second kappa shape index (κ2) is 5.72. The fourth-order valence-corrected chi connectivity index (χ4v) is 2.28. The Kier molecular flexibility index (Phi) is 4.58. The lowest BCUT2D eigenvalue weighted by molar-refractivity contribution is -0.151. The molecule has 2 atom stereocenters. The summed E-state index contributed by atoms with van der Waals surface area (Å²) in [4.78, 5) is 13.5. The van der Waals surface area contributed by atoms with Gasteiger partial charge >= 0.3 is 5.97 Å². The van der Waals surface area contributed by atoms with Crippen LogP contribution in [0.2, 0.25) is 0 Å². The first kappa shape index (κ1) is 12.8. The van der Waals surface area contributed by atoms with Crippen LogP contribution in [0.3, 0.4) is 0 Å². The Labute approximate surface area is 96.4 Å². The molecule has 0 aromatic heterocycles. The molecule has 16 heavy (non-hydrogen) atoms. The lowest BCUT2D eigenvalue weighted by atomic mass is 9.84. The highest BCUT2D eigenvalue weighted by atomic mass is 16.5. The Morgan fingerprint density at radius 1 is 1.50 bits per heavy atom. The first-order chi connectivity index (χ1) is 7.57. The number of hydrogen-bond acceptors (Lipinski definition) is 3. The molecule has 0 bridgehead atoms. The largest absolute Gasteiger partial charge is 0.466 e. The number of hydrogen-bond donors (Lipinski definition) is 2. The summed E-state index contributed by atoms with van der Waals surface area (Å²) in [7, 11) is 1.77. The average molecular weight is 227 g/mol. The summed E-state index contributed by atoms with van der Waals surface area (Å²) in [6.45, 7) is 2.22. The topological polar surface area (TPSA) is 79.4 Å². The van der Waals surface area contributed by atoms with E-state index in [1.54, 1.807) is 11.9 Å². The van der Waals surface area contributed by atoms with E-state index in [-0.39, 0.29) is 23.9 Å². The fraction of sp³-hybridized carbons (Fsp3) is 0.818. The molecule has 0 aliphatic heterocycles. The van der Waals surface area contributed by atoms with Crippen molar-refractivity contribution in [2.24, 2.45) is 11.7 Å². The Balaban J connectivity index is 2.70. The van der Waals surface area contributed by atoms with Crippen molar-refractivity contribution in [1.29, 1.82) is 5.41 Å². The number of esters is 1. The third kappa shape index (κ3) is 2.87. The SMILES string of the molecule is CCOC(=O)C1CCCCC1N(C)C(=N)N. The van der Waals surface area contributed by atoms with Gasteiger partial charge in [-0.2, -0.15) is 0 Å². The molecule has 0 radical (unpaired) electrons. The van der Waals surface area contributed by atoms with Crippen molar-refractivity contribution in [3.63, 3.8) is 0 Å². The van der Waals surface area contributed by atoms with Crippen molar-refractivity contribution >= 4 is 11.9 Å². The molecule has 3 N–H and O–H groups in total. The Bertz CT molecular complexity index is 268.